The third kappa shape index (κ3) is 6.06. The van der Waals surface area contributed by atoms with Gasteiger partial charge in [-0.25, -0.2) is 14.0 Å². The number of halogens is 4. The Morgan fingerprint density at radius 3 is 2.19 bits per heavy atom. The minimum absolute atomic E-state index is 0.307. The molecule has 1 aliphatic heterocycles. The zero-order chi connectivity index (χ0) is 24.1. The number of aliphatic carboxylic acids is 1. The van der Waals surface area contributed by atoms with Crippen molar-refractivity contribution in [3.63, 3.8) is 0 Å². The van der Waals surface area contributed by atoms with Crippen molar-refractivity contribution in [2.45, 2.75) is 19.5 Å². The Labute approximate surface area is 179 Å². The van der Waals surface area contributed by atoms with Crippen LogP contribution < -0.4 is 15.8 Å². The third-order valence-electron chi connectivity index (χ3n) is 4.67. The number of aromatic carboxylic acids is 1. The summed E-state index contributed by atoms with van der Waals surface area (Å²) in [6, 6.07) is 6.21. The van der Waals surface area contributed by atoms with Gasteiger partial charge in [0.05, 0.1) is 11.4 Å². The van der Waals surface area contributed by atoms with E-state index in [0.29, 0.717) is 28.9 Å². The van der Waals surface area contributed by atoms with Gasteiger partial charge in [-0.15, -0.1) is 0 Å². The monoisotopic (exact) mass is 459 g/mol. The standard InChI is InChI=1S/C18H20FN3O3.C2HF3O2/c1-2-11-9-13(18(24)25)17(23)21-16(11)12-3-4-15(14(19)10-12)22-7-5-20-6-8-22;3-2(4,5)1(6)7/h3-4,9-10,20H,2,5-8H2,1H3,(H,21,23)(H,24,25);(H,6,7). The Hall–Kier alpha value is -3.41. The quantitative estimate of drug-likeness (QED) is 0.518. The Morgan fingerprint density at radius 1 is 1.12 bits per heavy atom. The van der Waals surface area contributed by atoms with Crippen molar-refractivity contribution in [3.05, 3.63) is 51.6 Å². The smallest absolute Gasteiger partial charge is 0.477 e. The molecule has 4 N–H and O–H groups in total. The highest BCUT2D eigenvalue weighted by molar-refractivity contribution is 5.88. The molecule has 3 rings (SSSR count). The van der Waals surface area contributed by atoms with Crippen molar-refractivity contribution in [3.8, 4) is 11.3 Å². The fourth-order valence-corrected chi connectivity index (χ4v) is 3.09. The lowest BCUT2D eigenvalue weighted by Gasteiger charge is -2.29. The van der Waals surface area contributed by atoms with Gasteiger partial charge in [0.25, 0.3) is 5.56 Å². The Bertz CT molecular complexity index is 1050. The number of anilines is 1. The summed E-state index contributed by atoms with van der Waals surface area (Å²) in [6.45, 7) is 4.95. The van der Waals surface area contributed by atoms with Gasteiger partial charge in [0.15, 0.2) is 0 Å². The number of hydrogen-bond acceptors (Lipinski definition) is 5. The van der Waals surface area contributed by atoms with Crippen LogP contribution in [0.1, 0.15) is 22.8 Å². The second kappa shape index (κ2) is 10.3. The average molecular weight is 459 g/mol. The molecule has 0 bridgehead atoms. The van der Waals surface area contributed by atoms with Gasteiger partial charge in [0.2, 0.25) is 0 Å². The van der Waals surface area contributed by atoms with Gasteiger partial charge in [0, 0.05) is 31.7 Å². The highest BCUT2D eigenvalue weighted by Gasteiger charge is 2.38. The molecule has 0 atom stereocenters. The second-order valence-corrected chi connectivity index (χ2v) is 6.78. The Balaban J connectivity index is 0.000000451. The molecule has 8 nitrogen and oxygen atoms in total. The molecule has 12 heteroatoms. The maximum atomic E-state index is 14.6. The number of carbonyl (C=O) groups is 2. The number of rotatable bonds is 4. The van der Waals surface area contributed by atoms with Crippen LogP contribution in [0.4, 0.5) is 23.2 Å². The number of aryl methyl sites for hydroxylation is 1. The van der Waals surface area contributed by atoms with E-state index in [1.165, 1.54) is 12.1 Å². The van der Waals surface area contributed by atoms with E-state index < -0.39 is 23.7 Å². The molecular formula is C20H21F4N3O5. The minimum atomic E-state index is -5.08. The van der Waals surface area contributed by atoms with Crippen LogP contribution in [0.15, 0.2) is 29.1 Å². The molecule has 32 heavy (non-hydrogen) atoms. The molecule has 1 saturated heterocycles. The highest BCUT2D eigenvalue weighted by atomic mass is 19.4. The summed E-state index contributed by atoms with van der Waals surface area (Å²) in [5.41, 5.74) is 1.19. The minimum Gasteiger partial charge on any atom is -0.477 e. The van der Waals surface area contributed by atoms with Gasteiger partial charge in [-0.05, 0) is 30.2 Å². The van der Waals surface area contributed by atoms with E-state index in [4.69, 9.17) is 15.0 Å². The molecule has 0 radical (unpaired) electrons. The number of alkyl halides is 3. The van der Waals surface area contributed by atoms with E-state index in [2.05, 4.69) is 10.3 Å². The summed E-state index contributed by atoms with van der Waals surface area (Å²) >= 11 is 0. The lowest BCUT2D eigenvalue weighted by Crippen LogP contribution is -2.43. The summed E-state index contributed by atoms with van der Waals surface area (Å²) in [6.07, 6.45) is -4.56. The van der Waals surface area contributed by atoms with Gasteiger partial charge >= 0.3 is 18.1 Å². The molecule has 0 aliphatic carbocycles. The van der Waals surface area contributed by atoms with Crippen molar-refractivity contribution < 1.29 is 37.4 Å². The van der Waals surface area contributed by atoms with E-state index in [-0.39, 0.29) is 11.4 Å². The van der Waals surface area contributed by atoms with Gasteiger partial charge in [-0.3, -0.25) is 4.79 Å². The maximum absolute atomic E-state index is 14.6. The summed E-state index contributed by atoms with van der Waals surface area (Å²) < 4.78 is 46.4. The third-order valence-corrected chi connectivity index (χ3v) is 4.67. The number of nitrogens with one attached hydrogen (secondary N) is 2. The molecule has 1 aromatic heterocycles. The molecule has 0 amide bonds. The van der Waals surface area contributed by atoms with Crippen molar-refractivity contribution in [1.82, 2.24) is 10.3 Å². The number of aromatic nitrogens is 1. The van der Waals surface area contributed by atoms with Gasteiger partial charge in [-0.2, -0.15) is 13.2 Å². The van der Waals surface area contributed by atoms with Gasteiger partial charge in [-0.1, -0.05) is 13.0 Å². The Morgan fingerprint density at radius 2 is 1.72 bits per heavy atom. The number of aromatic amines is 1. The molecule has 1 aromatic carbocycles. The van der Waals surface area contributed by atoms with Crippen molar-refractivity contribution in [1.29, 1.82) is 0 Å². The zero-order valence-corrected chi connectivity index (χ0v) is 16.9. The summed E-state index contributed by atoms with van der Waals surface area (Å²) in [5, 5.41) is 19.4. The predicted molar refractivity (Wildman–Crippen MR) is 108 cm³/mol. The molecule has 0 saturated carbocycles. The van der Waals surface area contributed by atoms with E-state index in [1.54, 1.807) is 12.1 Å². The van der Waals surface area contributed by atoms with Crippen molar-refractivity contribution in [2.75, 3.05) is 31.1 Å². The fraction of sp³-hybridized carbons (Fsp3) is 0.350. The number of carboxylic acids is 2. The maximum Gasteiger partial charge on any atom is 0.490 e. The molecule has 0 spiro atoms. The number of hydrogen-bond donors (Lipinski definition) is 4. The molecule has 1 aliphatic rings. The van der Waals surface area contributed by atoms with Crippen LogP contribution in [0, 0.1) is 5.82 Å². The van der Waals surface area contributed by atoms with E-state index in [9.17, 15) is 27.2 Å². The van der Waals surface area contributed by atoms with Gasteiger partial charge < -0.3 is 25.4 Å². The van der Waals surface area contributed by atoms with E-state index in [0.717, 1.165) is 26.2 Å². The zero-order valence-electron chi connectivity index (χ0n) is 16.9. The summed E-state index contributed by atoms with van der Waals surface area (Å²) in [5.74, 6) is -4.39. The topological polar surface area (TPSA) is 123 Å². The molecule has 2 aromatic rings. The molecule has 0 unspecified atom stereocenters. The number of pyridine rings is 1. The van der Waals surface area contributed by atoms with Crippen molar-refractivity contribution in [2.24, 2.45) is 0 Å². The van der Waals surface area contributed by atoms with Crippen LogP contribution in [-0.4, -0.2) is 59.5 Å². The normalized spacial score (nSPS) is 13.8. The van der Waals surface area contributed by atoms with Gasteiger partial charge in [0.1, 0.15) is 11.4 Å². The summed E-state index contributed by atoms with van der Waals surface area (Å²) in [7, 11) is 0. The highest BCUT2D eigenvalue weighted by Crippen LogP contribution is 2.28. The largest absolute Gasteiger partial charge is 0.490 e. The summed E-state index contributed by atoms with van der Waals surface area (Å²) in [4.78, 5) is 36.6. The predicted octanol–water partition coefficient (Wildman–Crippen LogP) is 2.48. The van der Waals surface area contributed by atoms with Crippen molar-refractivity contribution >= 4 is 17.6 Å². The first-order valence-corrected chi connectivity index (χ1v) is 9.50. The number of piperazine rings is 1. The fourth-order valence-electron chi connectivity index (χ4n) is 3.09. The van der Waals surface area contributed by atoms with Crippen LogP contribution in [-0.2, 0) is 11.2 Å². The average Bonchev–Trinajstić information content (AvgIpc) is 2.73. The molecule has 174 valence electrons. The van der Waals surface area contributed by atoms with E-state index in [1.807, 2.05) is 11.8 Å². The lowest BCUT2D eigenvalue weighted by molar-refractivity contribution is -0.192. The molecule has 2 heterocycles. The number of carboxylic acid groups (broad SMARTS) is 2. The van der Waals surface area contributed by atoms with Crippen LogP contribution in [0.5, 0.6) is 0 Å². The van der Waals surface area contributed by atoms with E-state index >= 15 is 0 Å². The van der Waals surface area contributed by atoms with Crippen LogP contribution in [0.3, 0.4) is 0 Å². The van der Waals surface area contributed by atoms with Crippen LogP contribution in [0.2, 0.25) is 0 Å². The number of H-pyrrole nitrogens is 1. The van der Waals surface area contributed by atoms with Crippen LogP contribution >= 0.6 is 0 Å². The molecular weight excluding hydrogens is 438 g/mol. The van der Waals surface area contributed by atoms with Crippen LogP contribution in [0.25, 0.3) is 11.3 Å². The first kappa shape index (κ1) is 24.9. The first-order valence-electron chi connectivity index (χ1n) is 9.50. The number of nitrogens with zero attached hydrogens (tertiary/aromatic N) is 1. The molecule has 1 fully saturated rings. The Kier molecular flexibility index (Phi) is 7.97. The first-order chi connectivity index (χ1) is 15.0. The SMILES string of the molecule is CCc1cc(C(=O)O)c(=O)[nH]c1-c1ccc(N2CCNCC2)c(F)c1.O=C(O)C(F)(F)F. The lowest BCUT2D eigenvalue weighted by atomic mass is 10.0. The second-order valence-electron chi connectivity index (χ2n) is 6.78. The number of benzene rings is 1.